The Morgan fingerprint density at radius 3 is 1.12 bits per heavy atom. The van der Waals surface area contributed by atoms with Crippen LogP contribution >= 0.6 is 45.2 Å². The van der Waals surface area contributed by atoms with Gasteiger partial charge in [-0.05, 0) is 127 Å². The van der Waals surface area contributed by atoms with Crippen molar-refractivity contribution in [2.75, 3.05) is 13.2 Å². The third-order valence-electron chi connectivity index (χ3n) is 7.25. The highest BCUT2D eigenvalue weighted by Crippen LogP contribution is 2.39. The highest BCUT2D eigenvalue weighted by molar-refractivity contribution is 14.1. The summed E-state index contributed by atoms with van der Waals surface area (Å²) < 4.78 is 14.9. The van der Waals surface area contributed by atoms with Gasteiger partial charge in [0.2, 0.25) is 0 Å². The van der Waals surface area contributed by atoms with Crippen LogP contribution in [0.1, 0.15) is 71.2 Å². The zero-order valence-electron chi connectivity index (χ0n) is 22.9. The molecule has 0 aromatic heterocycles. The van der Waals surface area contributed by atoms with Crippen LogP contribution in [0.3, 0.4) is 0 Å². The fourth-order valence-electron chi connectivity index (χ4n) is 5.41. The number of rotatable bonds is 6. The van der Waals surface area contributed by atoms with Crippen molar-refractivity contribution >= 4 is 45.2 Å². The number of ether oxygens (including phenoxy) is 2. The first-order chi connectivity index (χ1) is 19.4. The Hall–Kier alpha value is -2.46. The van der Waals surface area contributed by atoms with Crippen LogP contribution in [0, 0.1) is 7.14 Å². The number of hydrogen-bond acceptors (Lipinski definition) is 4. The lowest BCUT2D eigenvalue weighted by Gasteiger charge is -2.21. The Morgan fingerprint density at radius 1 is 0.550 bits per heavy atom. The van der Waals surface area contributed by atoms with Gasteiger partial charge in [-0.1, -0.05) is 50.2 Å². The molecule has 8 bridgehead atoms. The number of hydrogen-bond donors (Lipinski definition) is 2. The van der Waals surface area contributed by atoms with Crippen molar-refractivity contribution in [1.29, 1.82) is 0 Å². The van der Waals surface area contributed by atoms with Gasteiger partial charge in [0, 0.05) is 32.8 Å². The minimum atomic E-state index is 0.323. The van der Waals surface area contributed by atoms with E-state index in [1.54, 1.807) is 0 Å². The molecule has 6 heteroatoms. The molecule has 4 aromatic rings. The quantitative estimate of drug-likeness (QED) is 0.171. The summed E-state index contributed by atoms with van der Waals surface area (Å²) in [6.07, 6.45) is 3.98. The summed E-state index contributed by atoms with van der Waals surface area (Å²) in [6.45, 7) is 5.41. The first-order valence-electron chi connectivity index (χ1n) is 13.9. The first kappa shape index (κ1) is 29.0. The van der Waals surface area contributed by atoms with Crippen LogP contribution in [0.15, 0.2) is 60.7 Å². The molecular formula is C34H34I2O4. The summed E-state index contributed by atoms with van der Waals surface area (Å²) in [7, 11) is 0. The van der Waals surface area contributed by atoms with Gasteiger partial charge >= 0.3 is 0 Å². The fourth-order valence-corrected chi connectivity index (χ4v) is 6.91. The standard InChI is InChI=1S/C34H34I2O4/c1-3-11-39-33-21-7-5-8-22(33)14-26-18-30(36)20-28(32(26)38)16-24-10-6-9-23(34(24)40-12-4-2)15-27-19-29(35)17-25(13-21)31(27)37/h5-10,17-20,37-38H,3-4,11-16H2,1-2H3. The average molecular weight is 760 g/mol. The Morgan fingerprint density at radius 2 is 0.850 bits per heavy atom. The highest BCUT2D eigenvalue weighted by Gasteiger charge is 2.21. The highest BCUT2D eigenvalue weighted by atomic mass is 127. The predicted octanol–water partition coefficient (Wildman–Crippen LogP) is 8.56. The van der Waals surface area contributed by atoms with Crippen LogP contribution in [0.4, 0.5) is 0 Å². The van der Waals surface area contributed by atoms with Crippen molar-refractivity contribution in [1.82, 2.24) is 0 Å². The molecule has 0 unspecified atom stereocenters. The van der Waals surface area contributed by atoms with Gasteiger partial charge in [0.1, 0.15) is 23.0 Å². The molecule has 0 saturated heterocycles. The normalized spacial score (nSPS) is 12.7. The van der Waals surface area contributed by atoms with Crippen molar-refractivity contribution in [2.24, 2.45) is 0 Å². The molecule has 0 fully saturated rings. The van der Waals surface area contributed by atoms with E-state index in [1.807, 2.05) is 12.1 Å². The van der Waals surface area contributed by atoms with E-state index in [0.29, 0.717) is 50.4 Å². The molecule has 5 rings (SSSR count). The molecule has 40 heavy (non-hydrogen) atoms. The van der Waals surface area contributed by atoms with Crippen molar-refractivity contribution in [3.63, 3.8) is 0 Å². The number of benzene rings is 4. The molecule has 0 heterocycles. The third kappa shape index (κ3) is 6.38. The Kier molecular flexibility index (Phi) is 9.45. The summed E-state index contributed by atoms with van der Waals surface area (Å²) >= 11 is 4.68. The molecule has 2 N–H and O–H groups in total. The van der Waals surface area contributed by atoms with E-state index >= 15 is 0 Å². The van der Waals surface area contributed by atoms with E-state index in [1.165, 1.54) is 0 Å². The fraction of sp³-hybridized carbons (Fsp3) is 0.294. The molecular weight excluding hydrogens is 726 g/mol. The third-order valence-corrected chi connectivity index (χ3v) is 8.49. The smallest absolute Gasteiger partial charge is 0.126 e. The summed E-state index contributed by atoms with van der Waals surface area (Å²) in [6, 6.07) is 20.6. The van der Waals surface area contributed by atoms with Gasteiger partial charge in [-0.15, -0.1) is 0 Å². The number of fused-ring (bicyclic) bond motifs is 8. The van der Waals surface area contributed by atoms with Gasteiger partial charge in [-0.25, -0.2) is 0 Å². The Labute approximate surface area is 264 Å². The molecule has 0 radical (unpaired) electrons. The van der Waals surface area contributed by atoms with E-state index in [9.17, 15) is 10.2 Å². The van der Waals surface area contributed by atoms with E-state index in [2.05, 4.69) is 108 Å². The molecule has 0 aliphatic heterocycles. The van der Waals surface area contributed by atoms with Crippen LogP contribution in [0.25, 0.3) is 0 Å². The lowest BCUT2D eigenvalue weighted by atomic mass is 9.91. The molecule has 0 saturated carbocycles. The molecule has 1 aliphatic rings. The van der Waals surface area contributed by atoms with Crippen molar-refractivity contribution in [3.8, 4) is 23.0 Å². The second-order valence-electron chi connectivity index (χ2n) is 10.4. The van der Waals surface area contributed by atoms with E-state index in [0.717, 1.165) is 76.0 Å². The average Bonchev–Trinajstić information content (AvgIpc) is 2.92. The van der Waals surface area contributed by atoms with Gasteiger partial charge < -0.3 is 19.7 Å². The largest absolute Gasteiger partial charge is 0.507 e. The van der Waals surface area contributed by atoms with Gasteiger partial charge in [0.15, 0.2) is 0 Å². The Balaban J connectivity index is 1.75. The van der Waals surface area contributed by atoms with Crippen LogP contribution in [0.2, 0.25) is 0 Å². The zero-order valence-corrected chi connectivity index (χ0v) is 27.2. The van der Waals surface area contributed by atoms with Gasteiger partial charge in [-0.3, -0.25) is 0 Å². The molecule has 4 nitrogen and oxygen atoms in total. The molecule has 0 amide bonds. The van der Waals surface area contributed by atoms with Crippen molar-refractivity contribution in [3.05, 3.63) is 112 Å². The summed E-state index contributed by atoms with van der Waals surface area (Å²) in [5.41, 5.74) is 7.61. The van der Waals surface area contributed by atoms with Gasteiger partial charge in [-0.2, -0.15) is 0 Å². The number of phenols is 2. The molecule has 0 atom stereocenters. The van der Waals surface area contributed by atoms with Crippen LogP contribution in [-0.2, 0) is 25.7 Å². The molecule has 0 spiro atoms. The number of halogens is 2. The van der Waals surface area contributed by atoms with E-state index < -0.39 is 0 Å². The van der Waals surface area contributed by atoms with E-state index in [-0.39, 0.29) is 0 Å². The van der Waals surface area contributed by atoms with Crippen molar-refractivity contribution in [2.45, 2.75) is 52.4 Å². The van der Waals surface area contributed by atoms with Gasteiger partial charge in [0.05, 0.1) is 13.2 Å². The molecule has 208 valence electrons. The second kappa shape index (κ2) is 13.0. The molecule has 4 aromatic carbocycles. The van der Waals surface area contributed by atoms with E-state index in [4.69, 9.17) is 9.47 Å². The number of aromatic hydroxyl groups is 2. The number of phenolic OH excluding ortho intramolecular Hbond substituents is 2. The monoisotopic (exact) mass is 760 g/mol. The lowest BCUT2D eigenvalue weighted by molar-refractivity contribution is 0.311. The Bertz CT molecular complexity index is 1320. The summed E-state index contributed by atoms with van der Waals surface area (Å²) in [5.74, 6) is 2.33. The maximum Gasteiger partial charge on any atom is 0.126 e. The first-order valence-corrected chi connectivity index (χ1v) is 16.0. The summed E-state index contributed by atoms with van der Waals surface area (Å²) in [4.78, 5) is 0. The minimum absolute atomic E-state index is 0.323. The number of para-hydroxylation sites is 2. The van der Waals surface area contributed by atoms with Crippen molar-refractivity contribution < 1.29 is 19.7 Å². The van der Waals surface area contributed by atoms with Crippen LogP contribution in [0.5, 0.6) is 23.0 Å². The maximum absolute atomic E-state index is 11.5. The minimum Gasteiger partial charge on any atom is -0.507 e. The lowest BCUT2D eigenvalue weighted by Crippen LogP contribution is -2.07. The topological polar surface area (TPSA) is 58.9 Å². The summed E-state index contributed by atoms with van der Waals surface area (Å²) in [5, 5.41) is 23.1. The van der Waals surface area contributed by atoms with Gasteiger partial charge in [0.25, 0.3) is 0 Å². The second-order valence-corrected chi connectivity index (χ2v) is 12.9. The van der Waals surface area contributed by atoms with Crippen LogP contribution < -0.4 is 9.47 Å². The zero-order chi connectivity index (χ0) is 28.2. The SMILES string of the molecule is CCCOc1c2cccc1Cc1cc(I)cc(c1O)Cc1cccc(c1OCCC)Cc1cc(I)cc(c1O)C2. The molecule has 1 aliphatic carbocycles. The maximum atomic E-state index is 11.5. The predicted molar refractivity (Wildman–Crippen MR) is 177 cm³/mol. The van der Waals surface area contributed by atoms with Crippen LogP contribution in [-0.4, -0.2) is 23.4 Å².